The van der Waals surface area contributed by atoms with Gasteiger partial charge in [-0.15, -0.1) is 0 Å². The van der Waals surface area contributed by atoms with Crippen LogP contribution in [0.4, 0.5) is 0 Å². The van der Waals surface area contributed by atoms with Gasteiger partial charge in [-0.25, -0.2) is 0 Å². The Morgan fingerprint density at radius 1 is 0.825 bits per heavy atom. The van der Waals surface area contributed by atoms with Crippen LogP contribution in [0.15, 0.2) is 0 Å². The van der Waals surface area contributed by atoms with E-state index < -0.39 is 8.32 Å². The highest BCUT2D eigenvalue weighted by atomic mass is 28.4. The maximum absolute atomic E-state index is 7.00. The van der Waals surface area contributed by atoms with Crippen LogP contribution in [0.25, 0.3) is 0 Å². The van der Waals surface area contributed by atoms with Crippen molar-refractivity contribution in [3.63, 3.8) is 0 Å². The molecule has 0 aromatic rings. The minimum Gasteiger partial charge on any atom is -0.414 e. The third-order valence-corrected chi connectivity index (χ3v) is 19.3. The molecule has 0 spiro atoms. The van der Waals surface area contributed by atoms with E-state index in [2.05, 4.69) is 82.3 Å². The summed E-state index contributed by atoms with van der Waals surface area (Å²) in [5.41, 5.74) is 0.643. The molecule has 9 atom stereocenters. The zero-order chi connectivity index (χ0) is 29.5. The highest BCUT2D eigenvalue weighted by Gasteiger charge is 2.61. The topological polar surface area (TPSA) is 27.7 Å². The molecule has 1 heterocycles. The van der Waals surface area contributed by atoms with Gasteiger partial charge in [0.15, 0.2) is 8.32 Å². The summed E-state index contributed by atoms with van der Waals surface area (Å²) in [5, 5.41) is 0.305. The van der Waals surface area contributed by atoms with Crippen LogP contribution in [0, 0.1) is 46.3 Å². The molecule has 40 heavy (non-hydrogen) atoms. The van der Waals surface area contributed by atoms with Crippen molar-refractivity contribution in [1.29, 1.82) is 0 Å². The molecule has 0 amide bonds. The van der Waals surface area contributed by atoms with Crippen LogP contribution in [0.3, 0.4) is 0 Å². The molecule has 8 unspecified atom stereocenters. The van der Waals surface area contributed by atoms with Crippen molar-refractivity contribution in [3.05, 3.63) is 0 Å². The molecule has 4 aliphatic carbocycles. The average Bonchev–Trinajstić information content (AvgIpc) is 3.28. The quantitative estimate of drug-likeness (QED) is 0.296. The van der Waals surface area contributed by atoms with Crippen molar-refractivity contribution < 1.29 is 13.7 Å². The lowest BCUT2D eigenvalue weighted by molar-refractivity contribution is -0.127. The monoisotopic (exact) mass is 572 g/mol. The van der Waals surface area contributed by atoms with Gasteiger partial charge in [0.05, 0.1) is 11.2 Å². The highest BCUT2D eigenvalue weighted by Crippen LogP contribution is 2.68. The molecule has 4 saturated carbocycles. The molecular weight excluding hydrogens is 507 g/mol. The number of rotatable bonds is 6. The molecule has 5 fully saturated rings. The standard InChI is InChI=1S/C35H65BO3Si/c1-24(19-22-36-38-32(5,6)33(7,8)39-36)28-15-16-29-27-14-13-25-23-26(37-40(11,12)31(2,3)4)17-20-34(25,9)30(27)18-21-35(28,29)10/h24-30H,13-23H2,1-12H3/t24-,25?,26?,27?,28?,29?,30?,34?,35?/m1/s1. The maximum atomic E-state index is 7.00. The zero-order valence-corrected chi connectivity index (χ0v) is 29.6. The molecule has 5 rings (SSSR count). The Bertz CT molecular complexity index is 910. The first-order valence-corrected chi connectivity index (χ1v) is 20.2. The van der Waals surface area contributed by atoms with Crippen molar-refractivity contribution >= 4 is 15.4 Å². The van der Waals surface area contributed by atoms with Crippen LogP contribution in [0.2, 0.25) is 24.5 Å². The summed E-state index contributed by atoms with van der Waals surface area (Å²) in [4.78, 5) is 0. The van der Waals surface area contributed by atoms with Gasteiger partial charge < -0.3 is 13.7 Å². The minimum absolute atomic E-state index is 0.0424. The summed E-state index contributed by atoms with van der Waals surface area (Å²) in [7, 11) is -1.74. The van der Waals surface area contributed by atoms with Gasteiger partial charge in [-0.05, 0) is 156 Å². The first-order valence-electron chi connectivity index (χ1n) is 17.3. The van der Waals surface area contributed by atoms with Gasteiger partial charge in [0.2, 0.25) is 0 Å². The van der Waals surface area contributed by atoms with Crippen LogP contribution in [-0.2, 0) is 13.7 Å². The highest BCUT2D eigenvalue weighted by molar-refractivity contribution is 6.74. The van der Waals surface area contributed by atoms with Crippen LogP contribution in [0.5, 0.6) is 0 Å². The number of hydrogen-bond donors (Lipinski definition) is 0. The van der Waals surface area contributed by atoms with Crippen molar-refractivity contribution in [3.8, 4) is 0 Å². The zero-order valence-electron chi connectivity index (χ0n) is 28.6. The first kappa shape index (κ1) is 31.6. The molecule has 3 nitrogen and oxygen atoms in total. The van der Waals surface area contributed by atoms with E-state index in [0.717, 1.165) is 41.8 Å². The Morgan fingerprint density at radius 2 is 1.43 bits per heavy atom. The van der Waals surface area contributed by atoms with E-state index in [1.165, 1.54) is 64.2 Å². The normalized spacial score (nSPS) is 43.6. The summed E-state index contributed by atoms with van der Waals surface area (Å²) in [5.74, 6) is 5.32. The van der Waals surface area contributed by atoms with E-state index in [1.807, 2.05) is 0 Å². The molecule has 230 valence electrons. The first-order chi connectivity index (χ1) is 18.3. The van der Waals surface area contributed by atoms with Gasteiger partial charge in [0.1, 0.15) is 0 Å². The molecule has 0 radical (unpaired) electrons. The third-order valence-electron chi connectivity index (χ3n) is 14.8. The number of hydrogen-bond acceptors (Lipinski definition) is 3. The minimum atomic E-state index is -1.70. The molecule has 0 aromatic heterocycles. The molecule has 1 aliphatic heterocycles. The van der Waals surface area contributed by atoms with Crippen LogP contribution in [-0.4, -0.2) is 32.7 Å². The van der Waals surface area contributed by atoms with E-state index in [-0.39, 0.29) is 18.3 Å². The smallest absolute Gasteiger partial charge is 0.414 e. The number of fused-ring (bicyclic) bond motifs is 5. The lowest BCUT2D eigenvalue weighted by atomic mass is 9.44. The van der Waals surface area contributed by atoms with Crippen molar-refractivity contribution in [2.45, 2.75) is 175 Å². The fourth-order valence-electron chi connectivity index (χ4n) is 10.6. The fourth-order valence-corrected chi connectivity index (χ4v) is 12.0. The SMILES string of the molecule is C[C@H](CCB1OC(C)(C)C(C)(C)O1)C1CCC2C3CCC4CC(O[Si](C)(C)C(C)(C)C)CCC4(C)C3CCC21C. The second kappa shape index (κ2) is 10.4. The Hall–Kier alpha value is 0.162. The van der Waals surface area contributed by atoms with E-state index in [9.17, 15) is 0 Å². The second-order valence-corrected chi connectivity index (χ2v) is 23.2. The third kappa shape index (κ3) is 5.25. The summed E-state index contributed by atoms with van der Waals surface area (Å²) < 4.78 is 19.7. The van der Waals surface area contributed by atoms with Gasteiger partial charge in [-0.1, -0.05) is 48.0 Å². The Labute approximate surface area is 250 Å². The van der Waals surface area contributed by atoms with Crippen LogP contribution in [0.1, 0.15) is 133 Å². The van der Waals surface area contributed by atoms with Gasteiger partial charge >= 0.3 is 7.12 Å². The lowest BCUT2D eigenvalue weighted by Gasteiger charge is -2.61. The summed E-state index contributed by atoms with van der Waals surface area (Å²) in [6, 6.07) is 0. The van der Waals surface area contributed by atoms with E-state index in [0.29, 0.717) is 22.0 Å². The summed E-state index contributed by atoms with van der Waals surface area (Å²) >= 11 is 0. The van der Waals surface area contributed by atoms with E-state index in [1.54, 1.807) is 0 Å². The Kier molecular flexibility index (Phi) is 8.19. The molecule has 0 bridgehead atoms. The predicted molar refractivity (Wildman–Crippen MR) is 172 cm³/mol. The Morgan fingerprint density at radius 3 is 2.05 bits per heavy atom. The van der Waals surface area contributed by atoms with Gasteiger partial charge in [-0.3, -0.25) is 0 Å². The Balaban J connectivity index is 1.21. The van der Waals surface area contributed by atoms with Crippen molar-refractivity contribution in [2.75, 3.05) is 0 Å². The van der Waals surface area contributed by atoms with E-state index >= 15 is 0 Å². The molecular formula is C35H65BO3Si. The largest absolute Gasteiger partial charge is 0.457 e. The maximum Gasteiger partial charge on any atom is 0.457 e. The van der Waals surface area contributed by atoms with Crippen molar-refractivity contribution in [1.82, 2.24) is 0 Å². The van der Waals surface area contributed by atoms with Gasteiger partial charge in [-0.2, -0.15) is 0 Å². The lowest BCUT2D eigenvalue weighted by Crippen LogP contribution is -2.55. The van der Waals surface area contributed by atoms with Crippen LogP contribution >= 0.6 is 0 Å². The molecule has 0 aromatic carbocycles. The summed E-state index contributed by atoms with van der Waals surface area (Å²) in [6.45, 7) is 28.8. The van der Waals surface area contributed by atoms with Crippen LogP contribution < -0.4 is 0 Å². The molecule has 5 heteroatoms. The fraction of sp³-hybridized carbons (Fsp3) is 1.00. The molecule has 0 N–H and O–H groups in total. The average molecular weight is 573 g/mol. The van der Waals surface area contributed by atoms with Gasteiger partial charge in [0.25, 0.3) is 0 Å². The van der Waals surface area contributed by atoms with Crippen molar-refractivity contribution in [2.24, 2.45) is 46.3 Å². The summed E-state index contributed by atoms with van der Waals surface area (Å²) in [6.07, 6.45) is 15.6. The van der Waals surface area contributed by atoms with E-state index in [4.69, 9.17) is 13.7 Å². The predicted octanol–water partition coefficient (Wildman–Crippen LogP) is 10.2. The van der Waals surface area contributed by atoms with Gasteiger partial charge in [0, 0.05) is 6.10 Å². The second-order valence-electron chi connectivity index (χ2n) is 18.4. The molecule has 5 aliphatic rings. The molecule has 1 saturated heterocycles.